The first-order valence-corrected chi connectivity index (χ1v) is 15.1. The Labute approximate surface area is 211 Å². The van der Waals surface area contributed by atoms with E-state index in [9.17, 15) is 0 Å². The van der Waals surface area contributed by atoms with E-state index in [0.717, 1.165) is 0 Å². The summed E-state index contributed by atoms with van der Waals surface area (Å²) >= 11 is 0. The Morgan fingerprint density at radius 2 is 1.34 bits per heavy atom. The molecule has 1 saturated carbocycles. The molecule has 2 heteroatoms. The van der Waals surface area contributed by atoms with Crippen molar-refractivity contribution in [2.24, 2.45) is 10.8 Å². The van der Waals surface area contributed by atoms with Crippen LogP contribution in [-0.4, -0.2) is 24.4 Å². The molecular weight excluding hydrogens is 428 g/mol. The van der Waals surface area contributed by atoms with Crippen LogP contribution < -0.4 is 0 Å². The Morgan fingerprint density at radius 1 is 0.600 bits per heavy atom. The molecule has 2 spiro atoms. The van der Waals surface area contributed by atoms with E-state index in [4.69, 9.17) is 9.47 Å². The monoisotopic (exact) mass is 470 g/mol. The first-order valence-electron chi connectivity index (χ1n) is 15.1. The fourth-order valence-electron chi connectivity index (χ4n) is 10.3. The second-order valence-corrected chi connectivity index (χ2v) is 13.0. The van der Waals surface area contributed by atoms with E-state index in [-0.39, 0.29) is 11.5 Å². The van der Waals surface area contributed by atoms with Gasteiger partial charge >= 0.3 is 0 Å². The first kappa shape index (κ1) is 21.7. The highest BCUT2D eigenvalue weighted by molar-refractivity contribution is 5.52. The summed E-state index contributed by atoms with van der Waals surface area (Å²) in [5.41, 5.74) is 10.6. The molecule has 3 fully saturated rings. The molecule has 0 aromatic rings. The average molecular weight is 471 g/mol. The largest absolute Gasteiger partial charge is 0.369 e. The van der Waals surface area contributed by atoms with Crippen molar-refractivity contribution >= 4 is 0 Å². The van der Waals surface area contributed by atoms with E-state index >= 15 is 0 Å². The van der Waals surface area contributed by atoms with Gasteiger partial charge in [-0.25, -0.2) is 0 Å². The van der Waals surface area contributed by atoms with E-state index in [1.54, 1.807) is 22.3 Å². The van der Waals surface area contributed by atoms with Crippen LogP contribution in [0, 0.1) is 10.8 Å². The smallest absolute Gasteiger partial charge is 0.101 e. The van der Waals surface area contributed by atoms with Crippen LogP contribution in [-0.2, 0) is 9.47 Å². The van der Waals surface area contributed by atoms with Crippen LogP contribution in [0.5, 0.6) is 0 Å². The summed E-state index contributed by atoms with van der Waals surface area (Å²) in [6, 6.07) is 0. The zero-order valence-corrected chi connectivity index (χ0v) is 21.5. The summed E-state index contributed by atoms with van der Waals surface area (Å²) < 4.78 is 14.6. The third kappa shape index (κ3) is 2.90. The van der Waals surface area contributed by atoms with E-state index in [0.29, 0.717) is 23.7 Å². The number of hydrogen-bond acceptors (Lipinski definition) is 2. The zero-order valence-electron chi connectivity index (χ0n) is 21.5. The molecule has 0 aromatic heterocycles. The van der Waals surface area contributed by atoms with Crippen LogP contribution in [0.4, 0.5) is 0 Å². The standard InChI is InChI=1S/C33H42O2/c1-2-6-19-32(20-7-3-1)26-14-9-13-25(26)31-33(21-18-28(32)35-31)27-15-8-12-24(27)30-23(16-17-29(33)34-30)22-10-4-5-11-22/h4-5,10-11,28-31H,1-3,6-9,12-21H2/t28-,29-,30+,31-,33+/m1/s1. The fraction of sp³-hybridized carbons (Fsp3) is 0.697. The Hall–Kier alpha value is -1.38. The van der Waals surface area contributed by atoms with Crippen molar-refractivity contribution in [2.75, 3.05) is 0 Å². The molecule has 0 aromatic carbocycles. The molecule has 35 heavy (non-hydrogen) atoms. The molecule has 4 heterocycles. The Bertz CT molecular complexity index is 1060. The van der Waals surface area contributed by atoms with Crippen molar-refractivity contribution in [3.63, 3.8) is 0 Å². The predicted molar refractivity (Wildman–Crippen MR) is 140 cm³/mol. The molecule has 0 radical (unpaired) electrons. The molecule has 2 saturated heterocycles. The minimum atomic E-state index is 0.130. The molecule has 8 rings (SSSR count). The quantitative estimate of drug-likeness (QED) is 0.332. The lowest BCUT2D eigenvalue weighted by Gasteiger charge is -2.62. The highest BCUT2D eigenvalue weighted by Gasteiger charge is 2.64. The lowest BCUT2D eigenvalue weighted by Crippen LogP contribution is -2.62. The van der Waals surface area contributed by atoms with Gasteiger partial charge in [-0.15, -0.1) is 0 Å². The van der Waals surface area contributed by atoms with Crippen LogP contribution in [0.1, 0.15) is 109 Å². The summed E-state index contributed by atoms with van der Waals surface area (Å²) in [7, 11) is 0. The average Bonchev–Trinajstić information content (AvgIpc) is 3.65. The number of fused-ring (bicyclic) bond motifs is 11. The first-order chi connectivity index (χ1) is 17.3. The van der Waals surface area contributed by atoms with Gasteiger partial charge in [0, 0.05) is 10.8 Å². The molecule has 0 amide bonds. The summed E-state index contributed by atoms with van der Waals surface area (Å²) in [5, 5.41) is 0. The Balaban J connectivity index is 1.25. The van der Waals surface area contributed by atoms with Gasteiger partial charge in [-0.05, 0) is 99.3 Å². The van der Waals surface area contributed by atoms with E-state index in [1.165, 1.54) is 115 Å². The van der Waals surface area contributed by atoms with Gasteiger partial charge in [0.15, 0.2) is 0 Å². The van der Waals surface area contributed by atoms with Crippen molar-refractivity contribution in [1.82, 2.24) is 0 Å². The zero-order chi connectivity index (χ0) is 23.0. The maximum absolute atomic E-state index is 7.44. The molecule has 186 valence electrons. The van der Waals surface area contributed by atoms with Crippen molar-refractivity contribution in [2.45, 2.75) is 134 Å². The molecule has 0 N–H and O–H groups in total. The number of ether oxygens (including phenoxy) is 2. The highest BCUT2D eigenvalue weighted by atomic mass is 16.5. The van der Waals surface area contributed by atoms with Crippen molar-refractivity contribution in [1.29, 1.82) is 0 Å². The van der Waals surface area contributed by atoms with Gasteiger partial charge in [0.1, 0.15) is 6.10 Å². The van der Waals surface area contributed by atoms with Gasteiger partial charge in [0.2, 0.25) is 0 Å². The predicted octanol–water partition coefficient (Wildman–Crippen LogP) is 8.21. The van der Waals surface area contributed by atoms with Gasteiger partial charge in [0.05, 0.1) is 18.3 Å². The maximum Gasteiger partial charge on any atom is 0.101 e. The van der Waals surface area contributed by atoms with Crippen molar-refractivity contribution in [3.8, 4) is 0 Å². The summed E-state index contributed by atoms with van der Waals surface area (Å²) in [6.07, 6.45) is 33.1. The minimum Gasteiger partial charge on any atom is -0.369 e. The fourth-order valence-corrected chi connectivity index (χ4v) is 10.3. The summed E-state index contributed by atoms with van der Waals surface area (Å²) in [4.78, 5) is 0. The van der Waals surface area contributed by atoms with Crippen LogP contribution in [0.2, 0.25) is 0 Å². The summed E-state index contributed by atoms with van der Waals surface area (Å²) in [5.74, 6) is 0. The second kappa shape index (κ2) is 8.06. The number of hydrogen-bond donors (Lipinski definition) is 0. The molecule has 4 bridgehead atoms. The summed E-state index contributed by atoms with van der Waals surface area (Å²) in [6.45, 7) is 0. The van der Waals surface area contributed by atoms with Crippen LogP contribution >= 0.6 is 0 Å². The van der Waals surface area contributed by atoms with Crippen LogP contribution in [0.15, 0.2) is 57.7 Å². The molecule has 4 aliphatic heterocycles. The van der Waals surface area contributed by atoms with Gasteiger partial charge in [-0.3, -0.25) is 0 Å². The third-order valence-electron chi connectivity index (χ3n) is 11.7. The van der Waals surface area contributed by atoms with Gasteiger partial charge in [-0.2, -0.15) is 0 Å². The molecular formula is C33H42O2. The molecule has 8 aliphatic rings. The van der Waals surface area contributed by atoms with E-state index in [1.807, 2.05) is 5.57 Å². The number of allylic oxidation sites excluding steroid dienone is 5. The van der Waals surface area contributed by atoms with Gasteiger partial charge in [-0.1, -0.05) is 67.6 Å². The molecule has 2 nitrogen and oxygen atoms in total. The minimum absolute atomic E-state index is 0.130. The Morgan fingerprint density at radius 3 is 2.17 bits per heavy atom. The topological polar surface area (TPSA) is 18.5 Å². The van der Waals surface area contributed by atoms with Gasteiger partial charge < -0.3 is 9.47 Å². The SMILES string of the molecule is C1=CC(=C2CC[C@H]3O[C@@H]2C2=C(CCC2)[C@@]32CC[C@H]3O[C@@H]2C2=C(CCC2)C32CCCCCCC2)C=C1. The van der Waals surface area contributed by atoms with E-state index < -0.39 is 0 Å². The third-order valence-corrected chi connectivity index (χ3v) is 11.7. The van der Waals surface area contributed by atoms with Crippen molar-refractivity contribution in [3.05, 3.63) is 57.7 Å². The second-order valence-electron chi connectivity index (χ2n) is 13.0. The van der Waals surface area contributed by atoms with Crippen LogP contribution in [0.25, 0.3) is 0 Å². The Kier molecular flexibility index (Phi) is 4.99. The normalized spacial score (nSPS) is 41.6. The van der Waals surface area contributed by atoms with Gasteiger partial charge in [0.25, 0.3) is 0 Å². The van der Waals surface area contributed by atoms with Crippen LogP contribution in [0.3, 0.4) is 0 Å². The molecule has 4 aliphatic carbocycles. The lowest BCUT2D eigenvalue weighted by molar-refractivity contribution is -0.207. The lowest BCUT2D eigenvalue weighted by atomic mass is 9.53. The van der Waals surface area contributed by atoms with Crippen molar-refractivity contribution < 1.29 is 9.47 Å². The number of rotatable bonds is 0. The molecule has 0 unspecified atom stereocenters. The highest BCUT2D eigenvalue weighted by Crippen LogP contribution is 2.67. The molecule has 5 atom stereocenters. The maximum atomic E-state index is 7.44. The van der Waals surface area contributed by atoms with E-state index in [2.05, 4.69) is 24.3 Å².